The highest BCUT2D eigenvalue weighted by molar-refractivity contribution is 5.81. The fourth-order valence-electron chi connectivity index (χ4n) is 2.79. The van der Waals surface area contributed by atoms with E-state index in [1.165, 1.54) is 30.5 Å². The van der Waals surface area contributed by atoms with Gasteiger partial charge < -0.3 is 11.1 Å². The summed E-state index contributed by atoms with van der Waals surface area (Å²) < 4.78 is 0. The maximum absolute atomic E-state index is 11.9. The maximum atomic E-state index is 11.9. The van der Waals surface area contributed by atoms with Crippen LogP contribution in [0.1, 0.15) is 56.5 Å². The Morgan fingerprint density at radius 3 is 2.85 bits per heavy atom. The number of H-pyrrole nitrogens is 1. The topological polar surface area (TPSA) is 83.8 Å². The standard InChI is InChI=1S/C15H26N4O/c1-10(2)8-12(16)15(20)17-9-14-11-6-4-3-5-7-13(11)18-19-14/h10,12H,3-9,16H2,1-2H3,(H,17,20)(H,18,19)/t12-/m1/s1. The van der Waals surface area contributed by atoms with Crippen LogP contribution in [0.5, 0.6) is 0 Å². The second-order valence-electron chi connectivity index (χ2n) is 6.14. The fraction of sp³-hybridized carbons (Fsp3) is 0.733. The van der Waals surface area contributed by atoms with Crippen molar-refractivity contribution in [2.45, 2.75) is 65.0 Å². The first-order chi connectivity index (χ1) is 9.58. The highest BCUT2D eigenvalue weighted by Crippen LogP contribution is 2.21. The van der Waals surface area contributed by atoms with Crippen LogP contribution in [-0.4, -0.2) is 22.1 Å². The minimum Gasteiger partial charge on any atom is -0.349 e. The van der Waals surface area contributed by atoms with Gasteiger partial charge >= 0.3 is 0 Å². The van der Waals surface area contributed by atoms with Gasteiger partial charge in [-0.25, -0.2) is 0 Å². The summed E-state index contributed by atoms with van der Waals surface area (Å²) in [6.07, 6.45) is 6.55. The number of aromatic amines is 1. The van der Waals surface area contributed by atoms with E-state index in [-0.39, 0.29) is 5.91 Å². The molecule has 1 atom stereocenters. The number of hydrogen-bond acceptors (Lipinski definition) is 3. The van der Waals surface area contributed by atoms with Crippen molar-refractivity contribution in [2.75, 3.05) is 0 Å². The minimum absolute atomic E-state index is 0.0796. The molecule has 1 aliphatic carbocycles. The van der Waals surface area contributed by atoms with Crippen molar-refractivity contribution in [3.05, 3.63) is 17.0 Å². The van der Waals surface area contributed by atoms with Gasteiger partial charge in [0, 0.05) is 5.69 Å². The van der Waals surface area contributed by atoms with E-state index in [1.54, 1.807) is 0 Å². The molecule has 4 N–H and O–H groups in total. The van der Waals surface area contributed by atoms with Crippen LogP contribution in [0.25, 0.3) is 0 Å². The lowest BCUT2D eigenvalue weighted by molar-refractivity contribution is -0.122. The molecule has 0 saturated heterocycles. The number of nitrogens with zero attached hydrogens (tertiary/aromatic N) is 1. The number of amides is 1. The zero-order chi connectivity index (χ0) is 14.5. The van der Waals surface area contributed by atoms with E-state index in [4.69, 9.17) is 5.73 Å². The van der Waals surface area contributed by atoms with Crippen LogP contribution in [0.2, 0.25) is 0 Å². The third-order valence-corrected chi connectivity index (χ3v) is 3.88. The molecule has 0 aliphatic heterocycles. The number of carbonyl (C=O) groups is 1. The molecule has 0 radical (unpaired) electrons. The lowest BCUT2D eigenvalue weighted by Gasteiger charge is -2.14. The van der Waals surface area contributed by atoms with Gasteiger partial charge in [0.05, 0.1) is 18.3 Å². The Morgan fingerprint density at radius 2 is 2.10 bits per heavy atom. The molecule has 0 saturated carbocycles. The van der Waals surface area contributed by atoms with Crippen molar-refractivity contribution in [3.8, 4) is 0 Å². The van der Waals surface area contributed by atoms with E-state index in [0.29, 0.717) is 18.9 Å². The Kier molecular flexibility index (Phi) is 5.17. The molecule has 1 aromatic heterocycles. The van der Waals surface area contributed by atoms with E-state index in [0.717, 1.165) is 18.5 Å². The molecule has 1 amide bonds. The van der Waals surface area contributed by atoms with Gasteiger partial charge in [-0.15, -0.1) is 0 Å². The van der Waals surface area contributed by atoms with Crippen LogP contribution in [0.4, 0.5) is 0 Å². The number of hydrogen-bond donors (Lipinski definition) is 3. The molecule has 0 spiro atoms. The lowest BCUT2D eigenvalue weighted by Crippen LogP contribution is -2.41. The fourth-order valence-corrected chi connectivity index (χ4v) is 2.79. The Bertz CT molecular complexity index is 453. The predicted molar refractivity (Wildman–Crippen MR) is 79.1 cm³/mol. The SMILES string of the molecule is CC(C)C[C@@H](N)C(=O)NCc1n[nH]c2c1CCCCC2. The molecule has 0 unspecified atom stereocenters. The molecule has 1 aromatic rings. The van der Waals surface area contributed by atoms with Crippen molar-refractivity contribution < 1.29 is 4.79 Å². The van der Waals surface area contributed by atoms with Crippen LogP contribution >= 0.6 is 0 Å². The van der Waals surface area contributed by atoms with Gasteiger partial charge in [0.2, 0.25) is 5.91 Å². The monoisotopic (exact) mass is 278 g/mol. The van der Waals surface area contributed by atoms with Gasteiger partial charge in [-0.1, -0.05) is 20.3 Å². The maximum Gasteiger partial charge on any atom is 0.237 e. The van der Waals surface area contributed by atoms with Gasteiger partial charge in [-0.3, -0.25) is 9.89 Å². The average molecular weight is 278 g/mol. The Balaban J connectivity index is 1.91. The molecule has 5 nitrogen and oxygen atoms in total. The van der Waals surface area contributed by atoms with Gasteiger partial charge in [0.15, 0.2) is 0 Å². The van der Waals surface area contributed by atoms with Gasteiger partial charge in [0.25, 0.3) is 0 Å². The van der Waals surface area contributed by atoms with E-state index in [2.05, 4.69) is 29.4 Å². The largest absolute Gasteiger partial charge is 0.349 e. The number of carbonyl (C=O) groups excluding carboxylic acids is 1. The molecular weight excluding hydrogens is 252 g/mol. The Labute approximate surface area is 120 Å². The third kappa shape index (κ3) is 3.82. The first-order valence-electron chi connectivity index (χ1n) is 7.66. The molecule has 20 heavy (non-hydrogen) atoms. The zero-order valence-electron chi connectivity index (χ0n) is 12.5. The van der Waals surface area contributed by atoms with Crippen molar-refractivity contribution in [3.63, 3.8) is 0 Å². The molecule has 0 aromatic carbocycles. The smallest absolute Gasteiger partial charge is 0.237 e. The summed E-state index contributed by atoms with van der Waals surface area (Å²) in [4.78, 5) is 11.9. The molecular formula is C15H26N4O. The summed E-state index contributed by atoms with van der Waals surface area (Å²) in [5, 5.41) is 10.4. The second kappa shape index (κ2) is 6.88. The molecule has 1 aliphatic rings. The normalized spacial score (nSPS) is 16.6. The number of nitrogens with one attached hydrogen (secondary N) is 2. The summed E-state index contributed by atoms with van der Waals surface area (Å²) in [6, 6.07) is -0.424. The number of aryl methyl sites for hydroxylation is 1. The third-order valence-electron chi connectivity index (χ3n) is 3.88. The van der Waals surface area contributed by atoms with Crippen molar-refractivity contribution in [2.24, 2.45) is 11.7 Å². The Hall–Kier alpha value is -1.36. The first-order valence-corrected chi connectivity index (χ1v) is 7.66. The van der Waals surface area contributed by atoms with Gasteiger partial charge in [-0.05, 0) is 43.6 Å². The van der Waals surface area contributed by atoms with Gasteiger partial charge in [-0.2, -0.15) is 5.10 Å². The summed E-state index contributed by atoms with van der Waals surface area (Å²) in [7, 11) is 0. The number of aromatic nitrogens is 2. The van der Waals surface area contributed by atoms with Crippen LogP contribution in [-0.2, 0) is 24.2 Å². The minimum atomic E-state index is -0.424. The number of nitrogens with two attached hydrogens (primary N) is 1. The van der Waals surface area contributed by atoms with Crippen molar-refractivity contribution in [1.82, 2.24) is 15.5 Å². The summed E-state index contributed by atoms with van der Waals surface area (Å²) in [6.45, 7) is 4.62. The quantitative estimate of drug-likeness (QED) is 0.716. The summed E-state index contributed by atoms with van der Waals surface area (Å²) >= 11 is 0. The van der Waals surface area contributed by atoms with E-state index in [9.17, 15) is 4.79 Å². The van der Waals surface area contributed by atoms with Crippen molar-refractivity contribution >= 4 is 5.91 Å². The predicted octanol–water partition coefficient (Wildman–Crippen LogP) is 1.67. The molecule has 0 bridgehead atoms. The molecule has 1 heterocycles. The highest BCUT2D eigenvalue weighted by Gasteiger charge is 2.18. The first kappa shape index (κ1) is 15.0. The van der Waals surface area contributed by atoms with Crippen LogP contribution in [0.15, 0.2) is 0 Å². The second-order valence-corrected chi connectivity index (χ2v) is 6.14. The van der Waals surface area contributed by atoms with Crippen LogP contribution in [0.3, 0.4) is 0 Å². The van der Waals surface area contributed by atoms with Crippen molar-refractivity contribution in [1.29, 1.82) is 0 Å². The molecule has 0 fully saturated rings. The number of fused-ring (bicyclic) bond motifs is 1. The molecule has 2 rings (SSSR count). The molecule has 5 heteroatoms. The molecule has 112 valence electrons. The number of rotatable bonds is 5. The highest BCUT2D eigenvalue weighted by atomic mass is 16.2. The summed E-state index contributed by atoms with van der Waals surface area (Å²) in [5.41, 5.74) is 9.41. The lowest BCUT2D eigenvalue weighted by atomic mass is 10.0. The van der Waals surface area contributed by atoms with Crippen LogP contribution < -0.4 is 11.1 Å². The van der Waals surface area contributed by atoms with Gasteiger partial charge in [0.1, 0.15) is 0 Å². The summed E-state index contributed by atoms with van der Waals surface area (Å²) in [5.74, 6) is 0.349. The van der Waals surface area contributed by atoms with E-state index >= 15 is 0 Å². The Morgan fingerprint density at radius 1 is 1.35 bits per heavy atom. The van der Waals surface area contributed by atoms with E-state index < -0.39 is 6.04 Å². The zero-order valence-corrected chi connectivity index (χ0v) is 12.5. The van der Waals surface area contributed by atoms with E-state index in [1.807, 2.05) is 0 Å². The van der Waals surface area contributed by atoms with Crippen LogP contribution in [0, 0.1) is 5.92 Å². The average Bonchev–Trinajstić information content (AvgIpc) is 2.63.